The lowest BCUT2D eigenvalue weighted by atomic mass is 10.1. The number of rotatable bonds is 7. The monoisotopic (exact) mass is 359 g/mol. The highest BCUT2D eigenvalue weighted by molar-refractivity contribution is 6.74. The minimum absolute atomic E-state index is 0.00565. The molecule has 1 rings (SSSR count). The van der Waals surface area contributed by atoms with Gasteiger partial charge < -0.3 is 19.2 Å². The first-order chi connectivity index (χ1) is 11.0. The van der Waals surface area contributed by atoms with Crippen molar-refractivity contribution in [3.05, 3.63) is 0 Å². The molecule has 0 spiro atoms. The van der Waals surface area contributed by atoms with Gasteiger partial charge in [-0.3, -0.25) is 0 Å². The number of hydrogen-bond acceptors (Lipinski definition) is 4. The first-order valence-corrected chi connectivity index (χ1v) is 12.2. The number of likely N-dealkylation sites (tertiary alicyclic amines) is 1. The quantitative estimate of drug-likeness (QED) is 0.548. The highest BCUT2D eigenvalue weighted by atomic mass is 28.4. The van der Waals surface area contributed by atoms with E-state index in [0.717, 1.165) is 19.3 Å². The Morgan fingerprint density at radius 1 is 1.38 bits per heavy atom. The molecule has 5 nitrogen and oxygen atoms in total. The molecule has 1 aliphatic rings. The number of amides is 1. The number of nitrogens with zero attached hydrogens (tertiary/aromatic N) is 1. The van der Waals surface area contributed by atoms with E-state index >= 15 is 0 Å². The Kier molecular flexibility index (Phi) is 7.75. The van der Waals surface area contributed by atoms with Gasteiger partial charge in [0.05, 0.1) is 18.8 Å². The van der Waals surface area contributed by atoms with Crippen LogP contribution in [0.1, 0.15) is 60.3 Å². The highest BCUT2D eigenvalue weighted by Gasteiger charge is 2.44. The molecular formula is C18H37NO4Si. The molecule has 1 aliphatic heterocycles. The molecule has 6 heteroatoms. The summed E-state index contributed by atoms with van der Waals surface area (Å²) in [5, 5.41) is 9.90. The summed E-state index contributed by atoms with van der Waals surface area (Å²) in [7, 11) is -1.88. The van der Waals surface area contributed by atoms with Crippen molar-refractivity contribution in [3.8, 4) is 0 Å². The molecule has 1 saturated heterocycles. The van der Waals surface area contributed by atoms with Crippen molar-refractivity contribution in [3.63, 3.8) is 0 Å². The first kappa shape index (κ1) is 21.4. The van der Waals surface area contributed by atoms with E-state index in [4.69, 9.17) is 9.16 Å². The van der Waals surface area contributed by atoms with E-state index in [-0.39, 0.29) is 23.3 Å². The van der Waals surface area contributed by atoms with Crippen LogP contribution in [0.2, 0.25) is 18.1 Å². The third-order valence-electron chi connectivity index (χ3n) is 5.21. The number of carbonyl (C=O) groups excluding carboxylic acids is 1. The van der Waals surface area contributed by atoms with Crippen molar-refractivity contribution < 1.29 is 19.1 Å². The molecular weight excluding hydrogens is 322 g/mol. The van der Waals surface area contributed by atoms with Gasteiger partial charge in [-0.2, -0.15) is 0 Å². The third kappa shape index (κ3) is 6.04. The van der Waals surface area contributed by atoms with Crippen molar-refractivity contribution in [1.29, 1.82) is 0 Å². The van der Waals surface area contributed by atoms with E-state index in [1.54, 1.807) is 11.8 Å². The zero-order chi connectivity index (χ0) is 18.5. The normalized spacial score (nSPS) is 23.4. The smallest absolute Gasteiger partial charge is 0.410 e. The topological polar surface area (TPSA) is 59.0 Å². The Balaban J connectivity index is 2.74. The Hall–Kier alpha value is -0.593. The first-order valence-electron chi connectivity index (χ1n) is 9.27. The van der Waals surface area contributed by atoms with Gasteiger partial charge in [0.1, 0.15) is 0 Å². The molecule has 24 heavy (non-hydrogen) atoms. The van der Waals surface area contributed by atoms with Gasteiger partial charge in [-0.15, -0.1) is 0 Å². The van der Waals surface area contributed by atoms with Crippen LogP contribution >= 0.6 is 0 Å². The van der Waals surface area contributed by atoms with Crippen LogP contribution < -0.4 is 0 Å². The molecule has 1 amide bonds. The fourth-order valence-electron chi connectivity index (χ4n) is 2.78. The predicted molar refractivity (Wildman–Crippen MR) is 99.7 cm³/mol. The number of carbonyl (C=O) groups is 1. The number of hydrogen-bond donors (Lipinski definition) is 1. The second-order valence-electron chi connectivity index (χ2n) is 8.59. The van der Waals surface area contributed by atoms with Crippen LogP contribution in [0.4, 0.5) is 4.79 Å². The zero-order valence-electron chi connectivity index (χ0n) is 16.6. The van der Waals surface area contributed by atoms with Crippen LogP contribution in [-0.2, 0) is 9.16 Å². The van der Waals surface area contributed by atoms with Crippen molar-refractivity contribution in [2.75, 3.05) is 13.2 Å². The van der Waals surface area contributed by atoms with E-state index in [2.05, 4.69) is 40.8 Å². The lowest BCUT2D eigenvalue weighted by Gasteiger charge is -2.38. The third-order valence-corrected chi connectivity index (χ3v) is 9.75. The molecule has 0 aromatic carbocycles. The molecule has 1 N–H and O–H groups in total. The molecule has 3 atom stereocenters. The van der Waals surface area contributed by atoms with Gasteiger partial charge in [0, 0.05) is 12.6 Å². The molecule has 142 valence electrons. The summed E-state index contributed by atoms with van der Waals surface area (Å²) in [6, 6.07) is -0.00565. The minimum atomic E-state index is -1.88. The maximum absolute atomic E-state index is 12.4. The number of aliphatic hydroxyl groups is 1. The molecule has 0 radical (unpaired) electrons. The van der Waals surface area contributed by atoms with Gasteiger partial charge >= 0.3 is 6.09 Å². The molecule has 1 heterocycles. The fraction of sp³-hybridized carbons (Fsp3) is 0.944. The highest BCUT2D eigenvalue weighted by Crippen LogP contribution is 2.39. The van der Waals surface area contributed by atoms with Crippen molar-refractivity contribution in [1.82, 2.24) is 4.90 Å². The Labute approximate surface area is 148 Å². The standard InChI is InChI=1S/C18H37NO4Si/c1-8-9-10-22-17(21)19-13-16(12-15(19)11-14(2)20)23-24(6,7)18(3,4)5/h14-16,20H,8-13H2,1-7H3. The summed E-state index contributed by atoms with van der Waals surface area (Å²) >= 11 is 0. The molecule has 0 aliphatic carbocycles. The van der Waals surface area contributed by atoms with Gasteiger partial charge in [0.25, 0.3) is 0 Å². The van der Waals surface area contributed by atoms with Gasteiger partial charge in [0.2, 0.25) is 0 Å². The Morgan fingerprint density at radius 3 is 2.50 bits per heavy atom. The van der Waals surface area contributed by atoms with Crippen LogP contribution in [0.15, 0.2) is 0 Å². The summed E-state index contributed by atoms with van der Waals surface area (Å²) in [5.41, 5.74) is 0. The second-order valence-corrected chi connectivity index (χ2v) is 13.4. The summed E-state index contributed by atoms with van der Waals surface area (Å²) in [4.78, 5) is 14.2. The van der Waals surface area contributed by atoms with Crippen LogP contribution in [0.25, 0.3) is 0 Å². The molecule has 0 aromatic heterocycles. The van der Waals surface area contributed by atoms with Crippen LogP contribution in [0.3, 0.4) is 0 Å². The molecule has 3 unspecified atom stereocenters. The van der Waals surface area contributed by atoms with Crippen LogP contribution in [-0.4, -0.2) is 55.8 Å². The van der Waals surface area contributed by atoms with Gasteiger partial charge in [0.15, 0.2) is 8.32 Å². The van der Waals surface area contributed by atoms with Gasteiger partial charge in [-0.25, -0.2) is 4.79 Å². The lowest BCUT2D eigenvalue weighted by Crippen LogP contribution is -2.45. The van der Waals surface area contributed by atoms with Crippen LogP contribution in [0, 0.1) is 0 Å². The fourth-order valence-corrected chi connectivity index (χ4v) is 4.14. The van der Waals surface area contributed by atoms with Gasteiger partial charge in [-0.05, 0) is 44.3 Å². The second kappa shape index (κ2) is 8.67. The van der Waals surface area contributed by atoms with E-state index in [1.165, 1.54) is 0 Å². The van der Waals surface area contributed by atoms with Crippen molar-refractivity contribution >= 4 is 14.4 Å². The minimum Gasteiger partial charge on any atom is -0.449 e. The summed E-state index contributed by atoms with van der Waals surface area (Å²) in [6.45, 7) is 16.0. The largest absolute Gasteiger partial charge is 0.449 e. The Morgan fingerprint density at radius 2 is 2.00 bits per heavy atom. The number of aliphatic hydroxyl groups excluding tert-OH is 1. The molecule has 0 bridgehead atoms. The average molecular weight is 360 g/mol. The summed E-state index contributed by atoms with van der Waals surface area (Å²) in [6.07, 6.45) is 2.56. The average Bonchev–Trinajstić information content (AvgIpc) is 2.78. The van der Waals surface area contributed by atoms with E-state index in [9.17, 15) is 9.90 Å². The van der Waals surface area contributed by atoms with E-state index in [0.29, 0.717) is 19.6 Å². The summed E-state index contributed by atoms with van der Waals surface area (Å²) in [5.74, 6) is 0. The molecule has 0 aromatic rings. The lowest BCUT2D eigenvalue weighted by molar-refractivity contribution is 0.0815. The Bertz CT molecular complexity index is 406. The maximum atomic E-state index is 12.4. The zero-order valence-corrected chi connectivity index (χ0v) is 17.6. The molecule has 1 fully saturated rings. The SMILES string of the molecule is CCCCOC(=O)N1CC(O[Si](C)(C)C(C)(C)C)CC1CC(C)O. The van der Waals surface area contributed by atoms with Crippen LogP contribution in [0.5, 0.6) is 0 Å². The number of unbranched alkanes of at least 4 members (excludes halogenated alkanes) is 1. The summed E-state index contributed by atoms with van der Waals surface area (Å²) < 4.78 is 11.9. The number of ether oxygens (including phenoxy) is 1. The van der Waals surface area contributed by atoms with E-state index < -0.39 is 14.4 Å². The van der Waals surface area contributed by atoms with Crippen molar-refractivity contribution in [2.24, 2.45) is 0 Å². The maximum Gasteiger partial charge on any atom is 0.410 e. The van der Waals surface area contributed by atoms with E-state index in [1.807, 2.05) is 0 Å². The molecule has 0 saturated carbocycles. The van der Waals surface area contributed by atoms with Crippen molar-refractivity contribution in [2.45, 2.75) is 96.7 Å². The van der Waals surface area contributed by atoms with Gasteiger partial charge in [-0.1, -0.05) is 34.1 Å². The predicted octanol–water partition coefficient (Wildman–Crippen LogP) is 4.16.